The predicted molar refractivity (Wildman–Crippen MR) is 97.1 cm³/mol. The minimum atomic E-state index is -0.639. The molecule has 0 radical (unpaired) electrons. The lowest BCUT2D eigenvalue weighted by Gasteiger charge is -2.11. The van der Waals surface area contributed by atoms with Crippen LogP contribution in [0.2, 0.25) is 0 Å². The number of hydrogen-bond donors (Lipinski definition) is 2. The molecular weight excluding hydrogens is 302 g/mol. The highest BCUT2D eigenvalue weighted by Gasteiger charge is 2.09. The van der Waals surface area contributed by atoms with E-state index in [1.165, 1.54) is 0 Å². The van der Waals surface area contributed by atoms with E-state index >= 15 is 0 Å². The highest BCUT2D eigenvalue weighted by Crippen LogP contribution is 2.17. The molecule has 0 aliphatic heterocycles. The van der Waals surface area contributed by atoms with Crippen LogP contribution in [-0.2, 0) is 4.79 Å². The number of hydrazone groups is 1. The Morgan fingerprint density at radius 2 is 1.83 bits per heavy atom. The number of carbonyl (C=O) groups is 1. The van der Waals surface area contributed by atoms with Crippen molar-refractivity contribution in [3.8, 4) is 0 Å². The minimum absolute atomic E-state index is 0.215. The summed E-state index contributed by atoms with van der Waals surface area (Å²) in [6, 6.07) is 17.2. The van der Waals surface area contributed by atoms with Crippen LogP contribution >= 0.6 is 0 Å². The zero-order valence-corrected chi connectivity index (χ0v) is 14.0. The van der Waals surface area contributed by atoms with Crippen LogP contribution in [0.1, 0.15) is 30.1 Å². The Morgan fingerprint density at radius 3 is 2.46 bits per heavy atom. The van der Waals surface area contributed by atoms with Crippen LogP contribution in [-0.4, -0.2) is 31.3 Å². The zero-order chi connectivity index (χ0) is 17.4. The fourth-order valence-corrected chi connectivity index (χ4v) is 2.20. The number of benzene rings is 2. The van der Waals surface area contributed by atoms with Crippen molar-refractivity contribution in [2.45, 2.75) is 18.9 Å². The molecule has 2 aromatic rings. The lowest BCUT2D eigenvalue weighted by Crippen LogP contribution is -2.18. The maximum absolute atomic E-state index is 11.8. The van der Waals surface area contributed by atoms with E-state index in [-0.39, 0.29) is 12.3 Å². The van der Waals surface area contributed by atoms with Gasteiger partial charge in [-0.1, -0.05) is 42.5 Å². The zero-order valence-electron chi connectivity index (χ0n) is 14.0. The number of nitrogens with one attached hydrogen (secondary N) is 1. The van der Waals surface area contributed by atoms with E-state index in [1.54, 1.807) is 6.21 Å². The van der Waals surface area contributed by atoms with Crippen LogP contribution in [0.3, 0.4) is 0 Å². The second-order valence-electron chi connectivity index (χ2n) is 5.74. The topological polar surface area (TPSA) is 64.9 Å². The number of anilines is 1. The highest BCUT2D eigenvalue weighted by molar-refractivity contribution is 5.82. The first-order valence-electron chi connectivity index (χ1n) is 7.88. The van der Waals surface area contributed by atoms with Gasteiger partial charge in [0.2, 0.25) is 5.91 Å². The van der Waals surface area contributed by atoms with Crippen molar-refractivity contribution in [3.63, 3.8) is 0 Å². The summed E-state index contributed by atoms with van der Waals surface area (Å²) in [4.78, 5) is 13.8. The summed E-state index contributed by atoms with van der Waals surface area (Å²) in [5.41, 5.74) is 5.31. The van der Waals surface area contributed by atoms with Crippen LogP contribution in [0.4, 0.5) is 5.69 Å². The second-order valence-corrected chi connectivity index (χ2v) is 5.74. The van der Waals surface area contributed by atoms with Crippen molar-refractivity contribution in [2.75, 3.05) is 19.0 Å². The molecule has 0 aromatic heterocycles. The van der Waals surface area contributed by atoms with Gasteiger partial charge < -0.3 is 10.0 Å². The predicted octanol–water partition coefficient (Wildman–Crippen LogP) is 2.72. The summed E-state index contributed by atoms with van der Waals surface area (Å²) < 4.78 is 0. The van der Waals surface area contributed by atoms with Crippen LogP contribution in [0.25, 0.3) is 0 Å². The van der Waals surface area contributed by atoms with Crippen molar-refractivity contribution in [1.29, 1.82) is 0 Å². The van der Waals surface area contributed by atoms with E-state index in [0.29, 0.717) is 6.42 Å². The van der Waals surface area contributed by atoms with E-state index in [2.05, 4.69) is 10.5 Å². The summed E-state index contributed by atoms with van der Waals surface area (Å²) >= 11 is 0. The highest BCUT2D eigenvalue weighted by atomic mass is 16.3. The van der Waals surface area contributed by atoms with Gasteiger partial charge in [-0.3, -0.25) is 4.79 Å². The average molecular weight is 325 g/mol. The second kappa shape index (κ2) is 8.84. The smallest absolute Gasteiger partial charge is 0.240 e. The maximum Gasteiger partial charge on any atom is 0.240 e. The van der Waals surface area contributed by atoms with Crippen molar-refractivity contribution in [2.24, 2.45) is 5.10 Å². The first-order chi connectivity index (χ1) is 11.6. The molecule has 24 heavy (non-hydrogen) atoms. The fraction of sp³-hybridized carbons (Fsp3) is 0.263. The number of hydrogen-bond acceptors (Lipinski definition) is 4. The van der Waals surface area contributed by atoms with Gasteiger partial charge in [-0.05, 0) is 29.7 Å². The van der Waals surface area contributed by atoms with Crippen LogP contribution in [0.15, 0.2) is 59.7 Å². The molecule has 5 heteroatoms. The molecule has 5 nitrogen and oxygen atoms in total. The molecule has 2 rings (SSSR count). The van der Waals surface area contributed by atoms with Crippen molar-refractivity contribution >= 4 is 17.8 Å². The lowest BCUT2D eigenvalue weighted by molar-refractivity contribution is -0.121. The maximum atomic E-state index is 11.8. The Morgan fingerprint density at radius 1 is 1.17 bits per heavy atom. The molecule has 2 N–H and O–H groups in total. The number of rotatable bonds is 7. The molecule has 0 fully saturated rings. The number of nitrogens with zero attached hydrogens (tertiary/aromatic N) is 2. The standard InChI is InChI=1S/C19H23N3O2/c1-22(2)17-10-8-15(9-11-17)14-20-21-19(24)13-12-18(23)16-6-4-3-5-7-16/h3-11,14,18,23H,12-13H2,1-2H3,(H,21,24)/b20-14-/t18-/m1/s1. The van der Waals surface area contributed by atoms with Gasteiger partial charge in [-0.25, -0.2) is 5.43 Å². The minimum Gasteiger partial charge on any atom is -0.388 e. The summed E-state index contributed by atoms with van der Waals surface area (Å²) in [6.45, 7) is 0. The van der Waals surface area contributed by atoms with E-state index < -0.39 is 6.10 Å². The van der Waals surface area contributed by atoms with Gasteiger partial charge in [0.15, 0.2) is 0 Å². The van der Waals surface area contributed by atoms with Crippen LogP contribution < -0.4 is 10.3 Å². The van der Waals surface area contributed by atoms with Crippen molar-refractivity contribution in [3.05, 3.63) is 65.7 Å². The third-order valence-electron chi connectivity index (χ3n) is 3.64. The van der Waals surface area contributed by atoms with Crippen LogP contribution in [0, 0.1) is 0 Å². The Balaban J connectivity index is 1.76. The molecule has 0 heterocycles. The number of aliphatic hydroxyl groups excluding tert-OH is 1. The molecule has 0 saturated carbocycles. The Bertz CT molecular complexity index is 667. The molecule has 0 aliphatic carbocycles. The van der Waals surface area contributed by atoms with E-state index in [4.69, 9.17) is 0 Å². The fourth-order valence-electron chi connectivity index (χ4n) is 2.20. The van der Waals surface area contributed by atoms with Gasteiger partial charge in [-0.15, -0.1) is 0 Å². The number of aliphatic hydroxyl groups is 1. The summed E-state index contributed by atoms with van der Waals surface area (Å²) in [6.07, 6.45) is 1.54. The van der Waals surface area contributed by atoms with E-state index in [0.717, 1.165) is 16.8 Å². The summed E-state index contributed by atoms with van der Waals surface area (Å²) in [7, 11) is 3.96. The normalized spacial score (nSPS) is 12.1. The average Bonchev–Trinajstić information content (AvgIpc) is 2.61. The molecule has 126 valence electrons. The first kappa shape index (κ1) is 17.7. The quantitative estimate of drug-likeness (QED) is 0.608. The van der Waals surface area contributed by atoms with Crippen molar-refractivity contribution in [1.82, 2.24) is 5.43 Å². The first-order valence-corrected chi connectivity index (χ1v) is 7.88. The van der Waals surface area contributed by atoms with Gasteiger partial charge in [0.1, 0.15) is 0 Å². The largest absolute Gasteiger partial charge is 0.388 e. The molecule has 0 unspecified atom stereocenters. The third-order valence-corrected chi connectivity index (χ3v) is 3.64. The van der Waals surface area contributed by atoms with Gasteiger partial charge in [0.05, 0.1) is 12.3 Å². The van der Waals surface area contributed by atoms with Crippen molar-refractivity contribution < 1.29 is 9.90 Å². The molecule has 1 amide bonds. The number of carbonyl (C=O) groups excluding carboxylic acids is 1. The lowest BCUT2D eigenvalue weighted by atomic mass is 10.1. The Hall–Kier alpha value is -2.66. The van der Waals surface area contributed by atoms with Gasteiger partial charge in [-0.2, -0.15) is 5.10 Å². The molecular formula is C19H23N3O2. The number of amides is 1. The van der Waals surface area contributed by atoms with E-state index in [1.807, 2.05) is 73.6 Å². The molecule has 0 bridgehead atoms. The van der Waals surface area contributed by atoms with Crippen LogP contribution in [0.5, 0.6) is 0 Å². The summed E-state index contributed by atoms with van der Waals surface area (Å²) in [5, 5.41) is 14.0. The Kier molecular flexibility index (Phi) is 6.51. The Labute approximate surface area is 142 Å². The van der Waals surface area contributed by atoms with Gasteiger partial charge in [0, 0.05) is 26.2 Å². The van der Waals surface area contributed by atoms with Gasteiger partial charge in [0.25, 0.3) is 0 Å². The molecule has 1 atom stereocenters. The molecule has 0 saturated heterocycles. The molecule has 0 aliphatic rings. The third kappa shape index (κ3) is 5.52. The van der Waals surface area contributed by atoms with E-state index in [9.17, 15) is 9.90 Å². The van der Waals surface area contributed by atoms with Gasteiger partial charge >= 0.3 is 0 Å². The SMILES string of the molecule is CN(C)c1ccc(/C=N\NC(=O)CC[C@@H](O)c2ccccc2)cc1. The monoisotopic (exact) mass is 325 g/mol. The molecule has 0 spiro atoms. The molecule has 2 aromatic carbocycles. The summed E-state index contributed by atoms with van der Waals surface area (Å²) in [5.74, 6) is -0.217.